The van der Waals surface area contributed by atoms with Crippen LogP contribution in [0.2, 0.25) is 5.02 Å². The molecule has 0 unspecified atom stereocenters. The zero-order valence-corrected chi connectivity index (χ0v) is 12.9. The third-order valence-corrected chi connectivity index (χ3v) is 3.69. The van der Waals surface area contributed by atoms with Gasteiger partial charge < -0.3 is 9.72 Å². The molecule has 0 aliphatic rings. The average Bonchev–Trinajstić information content (AvgIpc) is 2.82. The first-order valence-corrected chi connectivity index (χ1v) is 7.34. The van der Waals surface area contributed by atoms with E-state index >= 15 is 0 Å². The van der Waals surface area contributed by atoms with E-state index in [0.717, 1.165) is 23.7 Å². The van der Waals surface area contributed by atoms with Gasteiger partial charge in [0.1, 0.15) is 0 Å². The molecular formula is C16H18ClNO3. The number of aromatic nitrogens is 1. The van der Waals surface area contributed by atoms with Gasteiger partial charge in [0.2, 0.25) is 0 Å². The quantitative estimate of drug-likeness (QED) is 0.650. The van der Waals surface area contributed by atoms with Crippen molar-refractivity contribution in [3.8, 4) is 0 Å². The molecule has 0 atom stereocenters. The van der Waals surface area contributed by atoms with Gasteiger partial charge >= 0.3 is 5.97 Å². The summed E-state index contributed by atoms with van der Waals surface area (Å²) in [5.74, 6) is -0.349. The number of fused-ring (bicyclic) bond motifs is 1. The van der Waals surface area contributed by atoms with E-state index in [2.05, 4.69) is 4.98 Å². The van der Waals surface area contributed by atoms with E-state index < -0.39 is 0 Å². The first-order valence-electron chi connectivity index (χ1n) is 6.97. The molecule has 1 aromatic heterocycles. The van der Waals surface area contributed by atoms with Crippen molar-refractivity contribution in [2.45, 2.75) is 32.6 Å². The molecule has 2 aromatic rings. The first kappa shape index (κ1) is 15.6. The lowest BCUT2D eigenvalue weighted by molar-refractivity contribution is -0.139. The van der Waals surface area contributed by atoms with E-state index in [1.165, 1.54) is 7.11 Å². The Kier molecular flexibility index (Phi) is 5.02. The lowest BCUT2D eigenvalue weighted by Crippen LogP contribution is -2.09. The topological polar surface area (TPSA) is 59.2 Å². The summed E-state index contributed by atoms with van der Waals surface area (Å²) < 4.78 is 4.72. The summed E-state index contributed by atoms with van der Waals surface area (Å²) in [5.41, 5.74) is 1.95. The number of methoxy groups -OCH3 is 1. The molecule has 2 rings (SSSR count). The fourth-order valence-corrected chi connectivity index (χ4v) is 2.50. The number of aromatic amines is 1. The molecule has 0 radical (unpaired) electrons. The molecule has 0 bridgehead atoms. The Labute approximate surface area is 128 Å². The van der Waals surface area contributed by atoms with Crippen molar-refractivity contribution in [2.75, 3.05) is 7.11 Å². The van der Waals surface area contributed by atoms with Crippen LogP contribution in [-0.4, -0.2) is 23.8 Å². The maximum absolute atomic E-state index is 12.3. The van der Waals surface area contributed by atoms with Crippen LogP contribution in [-0.2, 0) is 16.0 Å². The molecule has 1 aromatic carbocycles. The Balaban J connectivity index is 2.48. The number of ketones is 1. The molecule has 0 spiro atoms. The van der Waals surface area contributed by atoms with Gasteiger partial charge in [-0.25, -0.2) is 0 Å². The van der Waals surface area contributed by atoms with Gasteiger partial charge in [0.05, 0.1) is 19.2 Å². The zero-order valence-electron chi connectivity index (χ0n) is 12.2. The number of H-pyrrole nitrogens is 1. The number of hydrogen-bond donors (Lipinski definition) is 1. The highest BCUT2D eigenvalue weighted by Gasteiger charge is 2.20. The smallest absolute Gasteiger partial charge is 0.310 e. The van der Waals surface area contributed by atoms with Crippen LogP contribution in [0.25, 0.3) is 10.9 Å². The zero-order chi connectivity index (χ0) is 15.4. The molecule has 1 N–H and O–H groups in total. The molecule has 0 aliphatic heterocycles. The van der Waals surface area contributed by atoms with Crippen molar-refractivity contribution in [2.24, 2.45) is 0 Å². The largest absolute Gasteiger partial charge is 0.469 e. The van der Waals surface area contributed by atoms with Crippen LogP contribution < -0.4 is 0 Å². The Morgan fingerprint density at radius 2 is 2.10 bits per heavy atom. The van der Waals surface area contributed by atoms with Gasteiger partial charge in [0, 0.05) is 22.3 Å². The number of carbonyl (C=O) groups is 2. The fourth-order valence-electron chi connectivity index (χ4n) is 2.33. The van der Waals surface area contributed by atoms with Crippen LogP contribution in [0.5, 0.6) is 0 Å². The van der Waals surface area contributed by atoms with Crippen molar-refractivity contribution >= 4 is 34.3 Å². The van der Waals surface area contributed by atoms with Crippen molar-refractivity contribution in [1.82, 2.24) is 4.98 Å². The van der Waals surface area contributed by atoms with Gasteiger partial charge in [-0.2, -0.15) is 0 Å². The number of ether oxygens (including phenoxy) is 1. The molecule has 21 heavy (non-hydrogen) atoms. The van der Waals surface area contributed by atoms with Crippen molar-refractivity contribution in [3.63, 3.8) is 0 Å². The van der Waals surface area contributed by atoms with Crippen molar-refractivity contribution in [3.05, 3.63) is 34.5 Å². The second-order valence-electron chi connectivity index (χ2n) is 4.95. The predicted molar refractivity (Wildman–Crippen MR) is 82.9 cm³/mol. The number of Topliss-reactive ketones (excluding diaryl/α,β-unsaturated/α-hetero) is 1. The minimum absolute atomic E-state index is 0.0167. The molecule has 5 heteroatoms. The number of halogens is 1. The van der Waals surface area contributed by atoms with Gasteiger partial charge in [0.15, 0.2) is 5.78 Å². The summed E-state index contributed by atoms with van der Waals surface area (Å²) in [6.45, 7) is 2.04. The van der Waals surface area contributed by atoms with Gasteiger partial charge in [-0.15, -0.1) is 0 Å². The number of rotatable bonds is 6. The van der Waals surface area contributed by atoms with Crippen molar-refractivity contribution < 1.29 is 14.3 Å². The normalized spacial score (nSPS) is 10.8. The molecule has 4 nitrogen and oxygen atoms in total. The summed E-state index contributed by atoms with van der Waals surface area (Å²) in [4.78, 5) is 27.0. The highest BCUT2D eigenvalue weighted by Crippen LogP contribution is 2.27. The maximum Gasteiger partial charge on any atom is 0.310 e. The van der Waals surface area contributed by atoms with Crippen LogP contribution in [0.4, 0.5) is 0 Å². The predicted octanol–water partition coefficient (Wildman–Crippen LogP) is 3.91. The Morgan fingerprint density at radius 1 is 1.33 bits per heavy atom. The molecule has 1 heterocycles. The molecule has 0 amide bonds. The van der Waals surface area contributed by atoms with Crippen LogP contribution in [0.15, 0.2) is 18.2 Å². The number of esters is 1. The number of carbonyl (C=O) groups excluding carboxylic acids is 2. The number of unbranched alkanes of at least 4 members (excludes halogenated alkanes) is 1. The van der Waals surface area contributed by atoms with Gasteiger partial charge in [0.25, 0.3) is 0 Å². The third kappa shape index (κ3) is 3.45. The molecule has 0 saturated carbocycles. The van der Waals surface area contributed by atoms with E-state index in [4.69, 9.17) is 16.3 Å². The monoisotopic (exact) mass is 307 g/mol. The Bertz CT molecular complexity index is 675. The summed E-state index contributed by atoms with van der Waals surface area (Å²) >= 11 is 5.98. The lowest BCUT2D eigenvalue weighted by atomic mass is 10.0. The Morgan fingerprint density at radius 3 is 2.76 bits per heavy atom. The molecule has 0 fully saturated rings. The van der Waals surface area contributed by atoms with Gasteiger partial charge in [-0.1, -0.05) is 31.0 Å². The van der Waals surface area contributed by atoms with E-state index in [-0.39, 0.29) is 18.2 Å². The lowest BCUT2D eigenvalue weighted by Gasteiger charge is -2.03. The number of nitrogens with one attached hydrogen (secondary N) is 1. The summed E-state index contributed by atoms with van der Waals surface area (Å²) in [5, 5.41) is 1.42. The first-order chi connectivity index (χ1) is 10.1. The van der Waals surface area contributed by atoms with Crippen LogP contribution in [0.3, 0.4) is 0 Å². The standard InChI is InChI=1S/C16H18ClNO3/c1-3-4-5-14(19)16-12(9-15(20)21-2)11-7-6-10(17)8-13(11)18-16/h6-8,18H,3-5,9H2,1-2H3. The average molecular weight is 308 g/mol. The summed E-state index contributed by atoms with van der Waals surface area (Å²) in [7, 11) is 1.34. The number of hydrogen-bond acceptors (Lipinski definition) is 3. The highest BCUT2D eigenvalue weighted by atomic mass is 35.5. The minimum Gasteiger partial charge on any atom is -0.469 e. The highest BCUT2D eigenvalue weighted by molar-refractivity contribution is 6.31. The van der Waals surface area contributed by atoms with Crippen molar-refractivity contribution in [1.29, 1.82) is 0 Å². The van der Waals surface area contributed by atoms with Crippen LogP contribution in [0.1, 0.15) is 42.2 Å². The van der Waals surface area contributed by atoms with E-state index in [1.807, 2.05) is 13.0 Å². The van der Waals surface area contributed by atoms with E-state index in [0.29, 0.717) is 22.7 Å². The van der Waals surface area contributed by atoms with Crippen LogP contribution >= 0.6 is 11.6 Å². The van der Waals surface area contributed by atoms with Gasteiger partial charge in [-0.05, 0) is 24.1 Å². The van der Waals surface area contributed by atoms with E-state index in [1.54, 1.807) is 12.1 Å². The third-order valence-electron chi connectivity index (χ3n) is 3.45. The summed E-state index contributed by atoms with van der Waals surface area (Å²) in [6.07, 6.45) is 2.31. The molecule has 0 aliphatic carbocycles. The second-order valence-corrected chi connectivity index (χ2v) is 5.38. The SMILES string of the molecule is CCCCC(=O)c1[nH]c2cc(Cl)ccc2c1CC(=O)OC. The van der Waals surface area contributed by atoms with Gasteiger partial charge in [-0.3, -0.25) is 9.59 Å². The van der Waals surface area contributed by atoms with Crippen LogP contribution in [0, 0.1) is 0 Å². The molecule has 0 saturated heterocycles. The molecular weight excluding hydrogens is 290 g/mol. The maximum atomic E-state index is 12.3. The Hall–Kier alpha value is -1.81. The molecule has 112 valence electrons. The van der Waals surface area contributed by atoms with E-state index in [9.17, 15) is 9.59 Å². The summed E-state index contributed by atoms with van der Waals surface area (Å²) in [6, 6.07) is 5.33. The second kappa shape index (κ2) is 6.76. The fraction of sp³-hybridized carbons (Fsp3) is 0.375. The number of benzene rings is 1. The minimum atomic E-state index is -0.365.